The highest BCUT2D eigenvalue weighted by Gasteiger charge is 2.37. The van der Waals surface area contributed by atoms with Crippen LogP contribution in [0.2, 0.25) is 0 Å². The monoisotopic (exact) mass is 545 g/mol. The van der Waals surface area contributed by atoms with E-state index in [0.717, 1.165) is 10.6 Å². The number of aromatic nitrogens is 1. The zero-order chi connectivity index (χ0) is 27.9. The van der Waals surface area contributed by atoms with Gasteiger partial charge in [0.25, 0.3) is 5.56 Å². The highest BCUT2D eigenvalue weighted by Crippen LogP contribution is 2.40. The smallest absolute Gasteiger partial charge is 0.418 e. The van der Waals surface area contributed by atoms with Gasteiger partial charge in [0, 0.05) is 62.2 Å². The first-order chi connectivity index (χ1) is 18.7. The first-order valence-electron chi connectivity index (χ1n) is 12.6. The maximum absolute atomic E-state index is 14.3. The van der Waals surface area contributed by atoms with Crippen LogP contribution in [0.1, 0.15) is 11.1 Å². The molecular weight excluding hydrogens is 515 g/mol. The zero-order valence-electron chi connectivity index (χ0n) is 21.7. The lowest BCUT2D eigenvalue weighted by atomic mass is 9.98. The number of aliphatic hydroxyl groups excluding tert-OH is 2. The Morgan fingerprint density at radius 2 is 1.72 bits per heavy atom. The number of hydrogen-bond acceptors (Lipinski definition) is 7. The largest absolute Gasteiger partial charge is 0.497 e. The first kappa shape index (κ1) is 26.9. The summed E-state index contributed by atoms with van der Waals surface area (Å²) in [5.41, 5.74) is 0.886. The van der Waals surface area contributed by atoms with Crippen molar-refractivity contribution in [2.45, 2.75) is 12.6 Å². The average Bonchev–Trinajstić information content (AvgIpc) is 3.31. The zero-order valence-corrected chi connectivity index (χ0v) is 21.7. The molecule has 0 radical (unpaired) electrons. The summed E-state index contributed by atoms with van der Waals surface area (Å²) < 4.78 is 54.7. The molecule has 0 amide bonds. The number of hydrogen-bond donors (Lipinski definition) is 2. The van der Waals surface area contributed by atoms with Gasteiger partial charge in [-0.3, -0.25) is 9.36 Å². The van der Waals surface area contributed by atoms with Crippen molar-refractivity contribution in [1.82, 2.24) is 4.57 Å². The fraction of sp³-hybridized carbons (Fsp3) is 0.393. The van der Waals surface area contributed by atoms with Gasteiger partial charge in [0.15, 0.2) is 0 Å². The molecule has 208 valence electrons. The summed E-state index contributed by atoms with van der Waals surface area (Å²) in [5, 5.41) is 19.0. The highest BCUT2D eigenvalue weighted by atomic mass is 19.4. The van der Waals surface area contributed by atoms with Crippen molar-refractivity contribution in [1.29, 1.82) is 0 Å². The molecule has 0 saturated carbocycles. The molecule has 2 N–H and O–H groups in total. The number of fused-ring (bicyclic) bond motifs is 1. The molecule has 3 heterocycles. The van der Waals surface area contributed by atoms with E-state index in [1.54, 1.807) is 23.1 Å². The van der Waals surface area contributed by atoms with Gasteiger partial charge in [-0.15, -0.1) is 0 Å². The van der Waals surface area contributed by atoms with Gasteiger partial charge < -0.3 is 29.5 Å². The number of aliphatic hydroxyl groups is 2. The fourth-order valence-electron chi connectivity index (χ4n) is 5.36. The van der Waals surface area contributed by atoms with Gasteiger partial charge in [-0.2, -0.15) is 13.2 Å². The lowest BCUT2D eigenvalue weighted by Gasteiger charge is -2.40. The summed E-state index contributed by atoms with van der Waals surface area (Å²) in [4.78, 5) is 17.5. The van der Waals surface area contributed by atoms with E-state index >= 15 is 0 Å². The van der Waals surface area contributed by atoms with Crippen LogP contribution in [0.3, 0.4) is 0 Å². The summed E-state index contributed by atoms with van der Waals surface area (Å²) in [7, 11) is 3.01. The lowest BCUT2D eigenvalue weighted by molar-refractivity contribution is -0.137. The fourth-order valence-corrected chi connectivity index (χ4v) is 5.36. The molecule has 1 aromatic heterocycles. The van der Waals surface area contributed by atoms with Gasteiger partial charge in [-0.25, -0.2) is 0 Å². The molecular formula is C28H30F3N3O5. The Morgan fingerprint density at radius 1 is 1.03 bits per heavy atom. The molecule has 8 nitrogen and oxygen atoms in total. The van der Waals surface area contributed by atoms with Gasteiger partial charge in [0.1, 0.15) is 17.2 Å². The lowest BCUT2D eigenvalue weighted by Crippen LogP contribution is -2.48. The second-order valence-corrected chi connectivity index (χ2v) is 9.76. The van der Waals surface area contributed by atoms with Gasteiger partial charge in [0.05, 0.1) is 32.1 Å². The Morgan fingerprint density at radius 3 is 2.31 bits per heavy atom. The third-order valence-electron chi connectivity index (χ3n) is 7.40. The molecule has 0 spiro atoms. The number of benzene rings is 2. The van der Waals surface area contributed by atoms with Crippen LogP contribution >= 0.6 is 0 Å². The summed E-state index contributed by atoms with van der Waals surface area (Å²) in [6.45, 7) is 1.45. The molecule has 0 aliphatic carbocycles. The van der Waals surface area contributed by atoms with E-state index in [9.17, 15) is 28.2 Å². The molecule has 0 unspecified atom stereocenters. The summed E-state index contributed by atoms with van der Waals surface area (Å²) in [6.07, 6.45) is -2.76. The van der Waals surface area contributed by atoms with E-state index in [4.69, 9.17) is 9.47 Å². The minimum atomic E-state index is -4.71. The molecule has 0 bridgehead atoms. The number of rotatable bonds is 8. The summed E-state index contributed by atoms with van der Waals surface area (Å²) in [6, 6.07) is 8.96. The van der Waals surface area contributed by atoms with E-state index in [1.165, 1.54) is 32.5 Å². The molecule has 2 aliphatic heterocycles. The van der Waals surface area contributed by atoms with Crippen LogP contribution in [-0.4, -0.2) is 68.4 Å². The number of pyridine rings is 1. The summed E-state index contributed by atoms with van der Waals surface area (Å²) >= 11 is 0. The minimum Gasteiger partial charge on any atom is -0.497 e. The van der Waals surface area contributed by atoms with E-state index in [0.29, 0.717) is 59.9 Å². The number of ether oxygens (including phenoxy) is 2. The van der Waals surface area contributed by atoms with Crippen molar-refractivity contribution in [2.24, 2.45) is 5.92 Å². The quantitative estimate of drug-likeness (QED) is 0.449. The molecule has 0 atom stereocenters. The molecule has 1 fully saturated rings. The van der Waals surface area contributed by atoms with Gasteiger partial charge in [0.2, 0.25) is 0 Å². The van der Waals surface area contributed by atoms with Crippen LogP contribution < -0.4 is 24.8 Å². The molecule has 2 aromatic carbocycles. The maximum Gasteiger partial charge on any atom is 0.418 e. The normalized spacial score (nSPS) is 15.4. The number of nitrogens with zero attached hydrogens (tertiary/aromatic N) is 3. The molecule has 11 heteroatoms. The van der Waals surface area contributed by atoms with Crippen molar-refractivity contribution in [3.63, 3.8) is 0 Å². The third kappa shape index (κ3) is 4.92. The van der Waals surface area contributed by atoms with Crippen molar-refractivity contribution in [3.05, 3.63) is 64.1 Å². The molecule has 2 aliphatic rings. The van der Waals surface area contributed by atoms with Crippen molar-refractivity contribution < 1.29 is 32.9 Å². The van der Waals surface area contributed by atoms with E-state index in [-0.39, 0.29) is 37.1 Å². The van der Waals surface area contributed by atoms with Gasteiger partial charge in [-0.1, -0.05) is 0 Å². The van der Waals surface area contributed by atoms with Crippen molar-refractivity contribution in [2.75, 3.05) is 63.4 Å². The molecule has 1 saturated heterocycles. The van der Waals surface area contributed by atoms with Crippen molar-refractivity contribution in [3.8, 4) is 28.3 Å². The SMILES string of the molecule is COc1cc(OC)cc(-c2cn(-c3cc(N4CC(CO)C4)ccc3C(F)(F)F)c(=O)c3c2CCN3CCO)c1. The van der Waals surface area contributed by atoms with Crippen LogP contribution in [0.15, 0.2) is 47.4 Å². The predicted molar refractivity (Wildman–Crippen MR) is 141 cm³/mol. The van der Waals surface area contributed by atoms with Gasteiger partial charge in [-0.05, 0) is 47.9 Å². The van der Waals surface area contributed by atoms with Crippen LogP contribution in [0.4, 0.5) is 24.5 Å². The Kier molecular flexibility index (Phi) is 7.21. The van der Waals surface area contributed by atoms with Crippen molar-refractivity contribution >= 4 is 11.4 Å². The Balaban J connectivity index is 1.76. The second-order valence-electron chi connectivity index (χ2n) is 9.76. The van der Waals surface area contributed by atoms with E-state index < -0.39 is 17.3 Å². The number of alkyl halides is 3. The topological polar surface area (TPSA) is 87.4 Å². The Hall–Kier alpha value is -3.70. The number of halogens is 3. The van der Waals surface area contributed by atoms with Crippen LogP contribution in [0.25, 0.3) is 16.8 Å². The highest BCUT2D eigenvalue weighted by molar-refractivity contribution is 5.78. The van der Waals surface area contributed by atoms with E-state index in [2.05, 4.69) is 0 Å². The van der Waals surface area contributed by atoms with Crippen LogP contribution in [-0.2, 0) is 12.6 Å². The number of methoxy groups -OCH3 is 2. The number of anilines is 2. The predicted octanol–water partition coefficient (Wildman–Crippen LogP) is 3.32. The maximum atomic E-state index is 14.3. The van der Waals surface area contributed by atoms with Gasteiger partial charge >= 0.3 is 6.18 Å². The minimum absolute atomic E-state index is 0.00231. The van der Waals surface area contributed by atoms with Crippen LogP contribution in [0, 0.1) is 5.92 Å². The molecule has 5 rings (SSSR count). The summed E-state index contributed by atoms with van der Waals surface area (Å²) in [5.74, 6) is 1.05. The second kappa shape index (κ2) is 10.5. The van der Waals surface area contributed by atoms with E-state index in [1.807, 2.05) is 4.90 Å². The number of β-amino-alcohol motifs (C(OH)–C–C–N with tert-alkyl or cyclic N) is 1. The van der Waals surface area contributed by atoms with Crippen LogP contribution in [0.5, 0.6) is 11.5 Å². The first-order valence-corrected chi connectivity index (χ1v) is 12.6. The molecule has 3 aromatic rings. The third-order valence-corrected chi connectivity index (χ3v) is 7.40. The standard InChI is InChI=1S/C28H30F3N3O5/c1-38-20-9-18(10-21(12-20)39-2)23-15-34(27(37)26-22(23)5-6-32(26)7-8-35)25-11-19(33-13-17(14-33)16-36)3-4-24(25)28(29,30)31/h3-4,9-12,15,17,35-36H,5-8,13-14,16H2,1-2H3. The average molecular weight is 546 g/mol. The molecule has 39 heavy (non-hydrogen) atoms. The Labute approximate surface area is 223 Å². The Bertz CT molecular complexity index is 1410.